The van der Waals surface area contributed by atoms with Gasteiger partial charge in [0.05, 0.1) is 6.04 Å². The minimum absolute atomic E-state index is 0. The minimum atomic E-state index is -0.561. The zero-order valence-corrected chi connectivity index (χ0v) is 12.1. The fourth-order valence-electron chi connectivity index (χ4n) is 1.41. The predicted molar refractivity (Wildman–Crippen MR) is 78.5 cm³/mol. The molecule has 1 rings (SSSR count). The number of carbonyl (C=O) groups is 2. The van der Waals surface area contributed by atoms with Crippen LogP contribution in [0, 0.1) is 5.92 Å². The Balaban J connectivity index is 0.00000324. The summed E-state index contributed by atoms with van der Waals surface area (Å²) in [4.78, 5) is 23.2. The molecule has 6 heteroatoms. The number of nitrogens with two attached hydrogens (primary N) is 1. The molecule has 0 aliphatic heterocycles. The molecule has 0 unspecified atom stereocenters. The Morgan fingerprint density at radius 1 is 1.26 bits per heavy atom. The van der Waals surface area contributed by atoms with Crippen LogP contribution in [0.25, 0.3) is 0 Å². The summed E-state index contributed by atoms with van der Waals surface area (Å²) < 4.78 is 0. The molecule has 0 saturated heterocycles. The molecule has 0 aliphatic rings. The van der Waals surface area contributed by atoms with Crippen molar-refractivity contribution >= 4 is 29.9 Å². The molecule has 0 aliphatic carbocycles. The van der Waals surface area contributed by atoms with E-state index in [0.29, 0.717) is 11.3 Å². The normalized spacial score (nSPS) is 11.4. The number of benzene rings is 1. The summed E-state index contributed by atoms with van der Waals surface area (Å²) in [7, 11) is 1.56. The van der Waals surface area contributed by atoms with Crippen molar-refractivity contribution in [2.24, 2.45) is 11.7 Å². The van der Waals surface area contributed by atoms with Gasteiger partial charge in [0, 0.05) is 18.3 Å². The molecule has 0 radical (unpaired) electrons. The van der Waals surface area contributed by atoms with E-state index in [0.717, 1.165) is 0 Å². The lowest BCUT2D eigenvalue weighted by molar-refractivity contribution is -0.118. The molecule has 0 spiro atoms. The highest BCUT2D eigenvalue weighted by Gasteiger charge is 2.17. The fourth-order valence-corrected chi connectivity index (χ4v) is 1.41. The summed E-state index contributed by atoms with van der Waals surface area (Å²) in [5.41, 5.74) is 6.80. The molecule has 0 fully saturated rings. The van der Waals surface area contributed by atoms with Gasteiger partial charge in [-0.3, -0.25) is 9.59 Å². The fraction of sp³-hybridized carbons (Fsp3) is 0.385. The molecule has 1 atom stereocenters. The van der Waals surface area contributed by atoms with Gasteiger partial charge in [0.15, 0.2) is 0 Å². The second kappa shape index (κ2) is 7.76. The van der Waals surface area contributed by atoms with Crippen molar-refractivity contribution in [2.75, 3.05) is 12.4 Å². The highest BCUT2D eigenvalue weighted by atomic mass is 35.5. The highest BCUT2D eigenvalue weighted by Crippen LogP contribution is 2.12. The first-order chi connectivity index (χ1) is 8.45. The molecule has 106 valence electrons. The van der Waals surface area contributed by atoms with Gasteiger partial charge in [0.2, 0.25) is 5.91 Å². The van der Waals surface area contributed by atoms with Gasteiger partial charge in [-0.2, -0.15) is 0 Å². The van der Waals surface area contributed by atoms with Crippen LogP contribution in [0.2, 0.25) is 0 Å². The first kappa shape index (κ1) is 17.4. The quantitative estimate of drug-likeness (QED) is 0.781. The lowest BCUT2D eigenvalue weighted by Crippen LogP contribution is -2.39. The molecule has 0 aromatic heterocycles. The van der Waals surface area contributed by atoms with Crippen LogP contribution in [0.1, 0.15) is 24.2 Å². The van der Waals surface area contributed by atoms with Gasteiger partial charge in [-0.15, -0.1) is 12.4 Å². The van der Waals surface area contributed by atoms with E-state index in [1.165, 1.54) is 0 Å². The number of halogens is 1. The van der Waals surface area contributed by atoms with Crippen LogP contribution in [0.3, 0.4) is 0 Å². The van der Waals surface area contributed by atoms with Crippen molar-refractivity contribution in [1.29, 1.82) is 0 Å². The van der Waals surface area contributed by atoms with Crippen LogP contribution >= 0.6 is 12.4 Å². The van der Waals surface area contributed by atoms with Gasteiger partial charge in [-0.25, -0.2) is 0 Å². The van der Waals surface area contributed by atoms with Crippen LogP contribution in [-0.4, -0.2) is 24.9 Å². The Morgan fingerprint density at radius 3 is 2.42 bits per heavy atom. The smallest absolute Gasteiger partial charge is 0.251 e. The van der Waals surface area contributed by atoms with Crippen molar-refractivity contribution in [3.05, 3.63) is 29.8 Å². The van der Waals surface area contributed by atoms with Gasteiger partial charge in [0.1, 0.15) is 0 Å². The Kier molecular flexibility index (Phi) is 7.11. The third-order valence-electron chi connectivity index (χ3n) is 2.64. The topological polar surface area (TPSA) is 84.2 Å². The van der Waals surface area contributed by atoms with Gasteiger partial charge in [-0.1, -0.05) is 19.9 Å². The number of hydrogen-bond acceptors (Lipinski definition) is 3. The first-order valence-electron chi connectivity index (χ1n) is 5.84. The van der Waals surface area contributed by atoms with Gasteiger partial charge < -0.3 is 16.4 Å². The van der Waals surface area contributed by atoms with E-state index in [9.17, 15) is 9.59 Å². The van der Waals surface area contributed by atoms with E-state index >= 15 is 0 Å². The van der Waals surface area contributed by atoms with E-state index in [1.807, 2.05) is 13.8 Å². The van der Waals surface area contributed by atoms with Crippen LogP contribution < -0.4 is 16.4 Å². The molecule has 2 amide bonds. The molecule has 0 bridgehead atoms. The molecule has 0 saturated carbocycles. The zero-order valence-electron chi connectivity index (χ0n) is 11.3. The SMILES string of the molecule is CNC(=O)c1cccc(NC(=O)[C@@H](N)C(C)C)c1.Cl. The molecule has 1 aromatic rings. The van der Waals surface area contributed by atoms with Gasteiger partial charge in [-0.05, 0) is 24.1 Å². The van der Waals surface area contributed by atoms with Crippen LogP contribution in [0.15, 0.2) is 24.3 Å². The average Bonchev–Trinajstić information content (AvgIpc) is 2.36. The van der Waals surface area contributed by atoms with Gasteiger partial charge in [0.25, 0.3) is 5.91 Å². The predicted octanol–water partition coefficient (Wildman–Crippen LogP) is 1.39. The first-order valence-corrected chi connectivity index (χ1v) is 5.84. The summed E-state index contributed by atoms with van der Waals surface area (Å²) in [5, 5.41) is 5.22. The number of amides is 2. The third kappa shape index (κ3) is 4.89. The Morgan fingerprint density at radius 2 is 1.89 bits per heavy atom. The maximum absolute atomic E-state index is 11.8. The summed E-state index contributed by atoms with van der Waals surface area (Å²) >= 11 is 0. The number of nitrogens with one attached hydrogen (secondary N) is 2. The van der Waals surface area contributed by atoms with Crippen LogP contribution in [0.4, 0.5) is 5.69 Å². The molecular weight excluding hydrogens is 266 g/mol. The Bertz CT molecular complexity index is 449. The second-order valence-corrected chi connectivity index (χ2v) is 4.42. The third-order valence-corrected chi connectivity index (χ3v) is 2.64. The highest BCUT2D eigenvalue weighted by molar-refractivity contribution is 5.98. The lowest BCUT2D eigenvalue weighted by Gasteiger charge is -2.15. The van der Waals surface area contributed by atoms with E-state index in [2.05, 4.69) is 10.6 Å². The van der Waals surface area contributed by atoms with Crippen LogP contribution in [0.5, 0.6) is 0 Å². The second-order valence-electron chi connectivity index (χ2n) is 4.42. The molecule has 4 N–H and O–H groups in total. The molecule has 5 nitrogen and oxygen atoms in total. The lowest BCUT2D eigenvalue weighted by atomic mass is 10.0. The van der Waals surface area contributed by atoms with Crippen molar-refractivity contribution in [1.82, 2.24) is 5.32 Å². The summed E-state index contributed by atoms with van der Waals surface area (Å²) in [6, 6.07) is 6.16. The Hall–Kier alpha value is -1.59. The van der Waals surface area contributed by atoms with Crippen LogP contribution in [-0.2, 0) is 4.79 Å². The van der Waals surface area contributed by atoms with Crippen molar-refractivity contribution in [2.45, 2.75) is 19.9 Å². The number of carbonyl (C=O) groups excluding carboxylic acids is 2. The zero-order chi connectivity index (χ0) is 13.7. The van der Waals surface area contributed by atoms with E-state index in [-0.39, 0.29) is 30.1 Å². The van der Waals surface area contributed by atoms with Crippen molar-refractivity contribution in [3.8, 4) is 0 Å². The number of rotatable bonds is 4. The number of anilines is 1. The average molecular weight is 286 g/mol. The summed E-state index contributed by atoms with van der Waals surface area (Å²) in [5.74, 6) is -0.384. The van der Waals surface area contributed by atoms with Crippen molar-refractivity contribution in [3.63, 3.8) is 0 Å². The molecular formula is C13H20ClN3O2. The largest absolute Gasteiger partial charge is 0.355 e. The minimum Gasteiger partial charge on any atom is -0.355 e. The van der Waals surface area contributed by atoms with E-state index in [1.54, 1.807) is 31.3 Å². The van der Waals surface area contributed by atoms with Crippen molar-refractivity contribution < 1.29 is 9.59 Å². The van der Waals surface area contributed by atoms with E-state index < -0.39 is 6.04 Å². The van der Waals surface area contributed by atoms with E-state index in [4.69, 9.17) is 5.73 Å². The Labute approximate surface area is 119 Å². The maximum atomic E-state index is 11.8. The molecule has 19 heavy (non-hydrogen) atoms. The van der Waals surface area contributed by atoms with Gasteiger partial charge >= 0.3 is 0 Å². The standard InChI is InChI=1S/C13H19N3O2.ClH/c1-8(2)11(14)13(18)16-10-6-4-5-9(7-10)12(17)15-3;/h4-8,11H,14H2,1-3H3,(H,15,17)(H,16,18);1H/t11-;/m0./s1. The monoisotopic (exact) mass is 285 g/mol. The molecule has 0 heterocycles. The molecule has 1 aromatic carbocycles. The maximum Gasteiger partial charge on any atom is 0.251 e. The number of hydrogen-bond donors (Lipinski definition) is 3. The summed E-state index contributed by atoms with van der Waals surface area (Å²) in [6.07, 6.45) is 0. The summed E-state index contributed by atoms with van der Waals surface area (Å²) in [6.45, 7) is 3.76.